The molecule has 1 atom stereocenters. The average Bonchev–Trinajstić information content (AvgIpc) is 2.95. The van der Waals surface area contributed by atoms with E-state index in [0.29, 0.717) is 30.9 Å². The molecule has 0 aliphatic carbocycles. The molecule has 148 valence electrons. The predicted octanol–water partition coefficient (Wildman–Crippen LogP) is 3.79. The SMILES string of the molecule is CC(CCCCn1cnc2c1C(=O)CN=CN2)(Cc1cccc(Br)c1)C(=O)O. The van der Waals surface area contributed by atoms with Crippen LogP contribution in [0, 0.1) is 5.41 Å². The minimum Gasteiger partial charge on any atom is -0.481 e. The van der Waals surface area contributed by atoms with Gasteiger partial charge in [0.05, 0.1) is 18.1 Å². The number of halogens is 1. The van der Waals surface area contributed by atoms with Crippen molar-refractivity contribution in [3.05, 3.63) is 46.3 Å². The Hall–Kier alpha value is -2.48. The van der Waals surface area contributed by atoms with Gasteiger partial charge in [-0.25, -0.2) is 4.98 Å². The number of carbonyl (C=O) groups is 2. The number of hydrogen-bond donors (Lipinski definition) is 2. The summed E-state index contributed by atoms with van der Waals surface area (Å²) in [5.41, 5.74) is 0.696. The first-order valence-electron chi connectivity index (χ1n) is 9.20. The van der Waals surface area contributed by atoms with E-state index in [4.69, 9.17) is 0 Å². The van der Waals surface area contributed by atoms with Gasteiger partial charge in [-0.15, -0.1) is 0 Å². The molecule has 1 unspecified atom stereocenters. The molecule has 28 heavy (non-hydrogen) atoms. The van der Waals surface area contributed by atoms with Crippen LogP contribution in [0.2, 0.25) is 0 Å². The number of nitrogens with zero attached hydrogens (tertiary/aromatic N) is 3. The van der Waals surface area contributed by atoms with Crippen molar-refractivity contribution in [1.82, 2.24) is 9.55 Å². The normalized spacial score (nSPS) is 15.4. The molecule has 1 aliphatic rings. The van der Waals surface area contributed by atoms with Crippen molar-refractivity contribution in [2.45, 2.75) is 39.2 Å². The van der Waals surface area contributed by atoms with Crippen LogP contribution in [0.1, 0.15) is 42.2 Å². The third-order valence-corrected chi connectivity index (χ3v) is 5.50. The van der Waals surface area contributed by atoms with Crippen LogP contribution in [0.3, 0.4) is 0 Å². The summed E-state index contributed by atoms with van der Waals surface area (Å²) in [6.07, 6.45) is 5.66. The van der Waals surface area contributed by atoms with Crippen LogP contribution >= 0.6 is 15.9 Å². The Morgan fingerprint density at radius 2 is 2.21 bits per heavy atom. The number of fused-ring (bicyclic) bond motifs is 1. The number of unbranched alkanes of at least 4 members (excludes halogenated alkanes) is 1. The van der Waals surface area contributed by atoms with E-state index >= 15 is 0 Å². The summed E-state index contributed by atoms with van der Waals surface area (Å²) < 4.78 is 2.77. The predicted molar refractivity (Wildman–Crippen MR) is 111 cm³/mol. The summed E-state index contributed by atoms with van der Waals surface area (Å²) in [5, 5.41) is 12.7. The number of aromatic nitrogens is 2. The van der Waals surface area contributed by atoms with Crippen molar-refractivity contribution in [3.63, 3.8) is 0 Å². The second-order valence-electron chi connectivity index (χ2n) is 7.30. The number of ketones is 1. The summed E-state index contributed by atoms with van der Waals surface area (Å²) in [4.78, 5) is 32.3. The van der Waals surface area contributed by atoms with Crippen LogP contribution in [0.4, 0.5) is 5.82 Å². The zero-order chi connectivity index (χ0) is 20.1. The molecule has 2 N–H and O–H groups in total. The van der Waals surface area contributed by atoms with E-state index < -0.39 is 11.4 Å². The average molecular weight is 447 g/mol. The molecule has 3 rings (SSSR count). The van der Waals surface area contributed by atoms with E-state index in [9.17, 15) is 14.7 Å². The Morgan fingerprint density at radius 3 is 2.96 bits per heavy atom. The Bertz CT molecular complexity index is 909. The van der Waals surface area contributed by atoms with Gasteiger partial charge in [0.2, 0.25) is 5.78 Å². The number of anilines is 1. The highest BCUT2D eigenvalue weighted by molar-refractivity contribution is 9.10. The number of aliphatic carboxylic acids is 1. The van der Waals surface area contributed by atoms with Crippen molar-refractivity contribution in [2.24, 2.45) is 10.4 Å². The Kier molecular flexibility index (Phi) is 6.28. The van der Waals surface area contributed by atoms with Crippen LogP contribution in [0.15, 0.2) is 40.1 Å². The summed E-state index contributed by atoms with van der Waals surface area (Å²) in [7, 11) is 0. The minimum absolute atomic E-state index is 0.0706. The van der Waals surface area contributed by atoms with Crippen molar-refractivity contribution in [1.29, 1.82) is 0 Å². The van der Waals surface area contributed by atoms with Crippen LogP contribution < -0.4 is 5.32 Å². The number of carboxylic acid groups (broad SMARTS) is 1. The molecule has 7 nitrogen and oxygen atoms in total. The van der Waals surface area contributed by atoms with Gasteiger partial charge >= 0.3 is 5.97 Å². The molecule has 0 bridgehead atoms. The number of hydrogen-bond acceptors (Lipinski definition) is 5. The molecule has 8 heteroatoms. The molecule has 2 aromatic rings. The van der Waals surface area contributed by atoms with Crippen molar-refractivity contribution in [3.8, 4) is 0 Å². The van der Waals surface area contributed by atoms with Crippen molar-refractivity contribution in [2.75, 3.05) is 11.9 Å². The monoisotopic (exact) mass is 446 g/mol. The van der Waals surface area contributed by atoms with E-state index in [1.807, 2.05) is 28.8 Å². The first-order valence-corrected chi connectivity index (χ1v) is 9.99. The molecule has 0 radical (unpaired) electrons. The zero-order valence-corrected chi connectivity index (χ0v) is 17.3. The summed E-state index contributed by atoms with van der Waals surface area (Å²) >= 11 is 3.44. The van der Waals surface area contributed by atoms with E-state index in [2.05, 4.69) is 31.2 Å². The lowest BCUT2D eigenvalue weighted by atomic mass is 9.79. The van der Waals surface area contributed by atoms with E-state index in [1.165, 1.54) is 6.34 Å². The Labute approximate surface area is 172 Å². The molecule has 2 heterocycles. The van der Waals surface area contributed by atoms with Crippen LogP contribution in [0.25, 0.3) is 0 Å². The number of carboxylic acids is 1. The van der Waals surface area contributed by atoms with Gasteiger partial charge in [0.1, 0.15) is 12.2 Å². The second kappa shape index (κ2) is 8.68. The lowest BCUT2D eigenvalue weighted by Crippen LogP contribution is -2.30. The first kappa shape index (κ1) is 20.3. The topological polar surface area (TPSA) is 96.6 Å². The summed E-state index contributed by atoms with van der Waals surface area (Å²) in [6.45, 7) is 2.52. The molecule has 0 fully saturated rings. The standard InChI is InChI=1S/C20H23BrN4O3/c1-20(19(27)28,10-14-5-4-6-15(21)9-14)7-2-3-8-25-13-24-18-17(25)16(26)11-22-12-23-18/h4-6,9,12-13H,2-3,7-8,10-11H2,1H3,(H,22,23)(H,27,28). The Balaban J connectivity index is 1.59. The number of Topliss-reactive ketones (excluding diaryl/α,β-unsaturated/α-hetero) is 1. The maximum absolute atomic E-state index is 12.2. The third-order valence-electron chi connectivity index (χ3n) is 5.01. The van der Waals surface area contributed by atoms with E-state index in [1.54, 1.807) is 13.3 Å². The molecule has 1 aromatic carbocycles. The van der Waals surface area contributed by atoms with E-state index in [-0.39, 0.29) is 12.3 Å². The number of aliphatic imine (C=N–C) groups is 1. The Morgan fingerprint density at radius 1 is 1.39 bits per heavy atom. The molecular weight excluding hydrogens is 424 g/mol. The number of aryl methyl sites for hydroxylation is 1. The van der Waals surface area contributed by atoms with Crippen LogP contribution in [-0.4, -0.2) is 39.3 Å². The third kappa shape index (κ3) is 4.67. The van der Waals surface area contributed by atoms with Crippen LogP contribution in [0.5, 0.6) is 0 Å². The fourth-order valence-electron chi connectivity index (χ4n) is 3.43. The number of nitrogens with one attached hydrogen (secondary N) is 1. The summed E-state index contributed by atoms with van der Waals surface area (Å²) in [6, 6.07) is 7.76. The fraction of sp³-hybridized carbons (Fsp3) is 0.400. The van der Waals surface area contributed by atoms with Gasteiger partial charge in [-0.3, -0.25) is 14.6 Å². The fourth-order valence-corrected chi connectivity index (χ4v) is 3.87. The van der Waals surface area contributed by atoms with Gasteiger partial charge in [-0.1, -0.05) is 34.5 Å². The highest BCUT2D eigenvalue weighted by atomic mass is 79.9. The molecule has 0 saturated heterocycles. The van der Waals surface area contributed by atoms with Gasteiger partial charge in [-0.2, -0.15) is 0 Å². The maximum atomic E-state index is 12.2. The number of carbonyl (C=O) groups excluding carboxylic acids is 1. The zero-order valence-electron chi connectivity index (χ0n) is 15.7. The first-order chi connectivity index (χ1) is 13.4. The molecule has 0 spiro atoms. The number of rotatable bonds is 8. The highest BCUT2D eigenvalue weighted by Crippen LogP contribution is 2.30. The van der Waals surface area contributed by atoms with Gasteiger partial charge in [0.15, 0.2) is 5.82 Å². The maximum Gasteiger partial charge on any atom is 0.309 e. The largest absolute Gasteiger partial charge is 0.481 e. The molecule has 0 amide bonds. The number of benzene rings is 1. The molecule has 0 saturated carbocycles. The summed E-state index contributed by atoms with van der Waals surface area (Å²) in [5.74, 6) is -0.337. The van der Waals surface area contributed by atoms with E-state index in [0.717, 1.165) is 22.9 Å². The van der Waals surface area contributed by atoms with Crippen LogP contribution in [-0.2, 0) is 17.8 Å². The van der Waals surface area contributed by atoms with Gasteiger partial charge < -0.3 is 15.0 Å². The lowest BCUT2D eigenvalue weighted by Gasteiger charge is -2.25. The second-order valence-corrected chi connectivity index (χ2v) is 8.22. The lowest BCUT2D eigenvalue weighted by molar-refractivity contribution is -0.148. The number of imidazole rings is 1. The quantitative estimate of drug-likeness (QED) is 0.601. The van der Waals surface area contributed by atoms with Gasteiger partial charge in [-0.05, 0) is 43.9 Å². The van der Waals surface area contributed by atoms with Gasteiger partial charge in [0, 0.05) is 11.0 Å². The highest BCUT2D eigenvalue weighted by Gasteiger charge is 2.32. The molecule has 1 aromatic heterocycles. The van der Waals surface area contributed by atoms with Gasteiger partial charge in [0.25, 0.3) is 0 Å². The van der Waals surface area contributed by atoms with Crippen molar-refractivity contribution >= 4 is 39.8 Å². The molecule has 1 aliphatic heterocycles. The molecular formula is C20H23BrN4O3. The van der Waals surface area contributed by atoms with Crippen molar-refractivity contribution < 1.29 is 14.7 Å². The minimum atomic E-state index is -0.835. The smallest absolute Gasteiger partial charge is 0.309 e.